The molecule has 4 rings (SSSR count). The number of likely N-dealkylation sites (N-methyl/N-ethyl adjacent to an activating group) is 1. The predicted molar refractivity (Wildman–Crippen MR) is 127 cm³/mol. The highest BCUT2D eigenvalue weighted by molar-refractivity contribution is 5.83. The molecule has 9 heteroatoms. The third kappa shape index (κ3) is 4.99. The highest BCUT2D eigenvalue weighted by atomic mass is 19.2. The van der Waals surface area contributed by atoms with Gasteiger partial charge in [-0.25, -0.2) is 28.1 Å². The Morgan fingerprint density at radius 1 is 1.14 bits per heavy atom. The molecular formula is C26H28F3N5O. The first kappa shape index (κ1) is 24.6. The molecule has 0 fully saturated rings. The molecule has 6 nitrogen and oxygen atoms in total. The molecule has 0 radical (unpaired) electrons. The average molecular weight is 484 g/mol. The number of fused-ring (bicyclic) bond motifs is 1. The average Bonchev–Trinajstić information content (AvgIpc) is 2.84. The van der Waals surface area contributed by atoms with Crippen LogP contribution in [0.4, 0.5) is 19.0 Å². The van der Waals surface area contributed by atoms with Crippen LogP contribution in [-0.2, 0) is 11.2 Å². The Labute approximate surface area is 202 Å². The second kappa shape index (κ2) is 9.64. The number of halogens is 3. The van der Waals surface area contributed by atoms with Gasteiger partial charge in [-0.1, -0.05) is 0 Å². The fourth-order valence-corrected chi connectivity index (χ4v) is 4.53. The Kier molecular flexibility index (Phi) is 6.78. The lowest BCUT2D eigenvalue weighted by molar-refractivity contribution is -0.133. The normalized spacial score (nSPS) is 17.9. The van der Waals surface area contributed by atoms with Gasteiger partial charge in [0.05, 0.1) is 17.2 Å². The molecule has 0 saturated heterocycles. The first-order chi connectivity index (χ1) is 16.6. The van der Waals surface area contributed by atoms with Crippen LogP contribution in [0.15, 0.2) is 36.7 Å². The number of hydrogen-bond acceptors (Lipinski definition) is 5. The van der Waals surface area contributed by atoms with E-state index in [1.54, 1.807) is 23.4 Å². The van der Waals surface area contributed by atoms with Gasteiger partial charge in [-0.2, -0.15) is 0 Å². The first-order valence-electron chi connectivity index (χ1n) is 11.6. The second-order valence-corrected chi connectivity index (χ2v) is 9.25. The number of benzene rings is 1. The van der Waals surface area contributed by atoms with E-state index < -0.39 is 28.9 Å². The summed E-state index contributed by atoms with van der Waals surface area (Å²) in [7, 11) is 0. The van der Waals surface area contributed by atoms with E-state index in [1.165, 1.54) is 6.92 Å². The third-order valence-corrected chi connectivity index (χ3v) is 6.57. The zero-order valence-corrected chi connectivity index (χ0v) is 20.2. The minimum atomic E-state index is -1.28. The Morgan fingerprint density at radius 2 is 1.83 bits per heavy atom. The van der Waals surface area contributed by atoms with E-state index in [2.05, 4.69) is 21.4 Å². The second-order valence-electron chi connectivity index (χ2n) is 9.25. The van der Waals surface area contributed by atoms with Crippen LogP contribution in [0.3, 0.4) is 0 Å². The molecule has 3 heterocycles. The topological polar surface area (TPSA) is 71.0 Å². The van der Waals surface area contributed by atoms with Crippen molar-refractivity contribution in [1.82, 2.24) is 19.9 Å². The molecule has 2 atom stereocenters. The van der Waals surface area contributed by atoms with Crippen molar-refractivity contribution in [3.8, 4) is 11.4 Å². The number of anilines is 1. The van der Waals surface area contributed by atoms with Crippen LogP contribution in [0.5, 0.6) is 0 Å². The molecule has 1 aliphatic rings. The van der Waals surface area contributed by atoms with Crippen molar-refractivity contribution in [3.63, 3.8) is 0 Å². The maximum Gasteiger partial charge on any atom is 0.230 e. The number of carbonyl (C=O) groups excluding carboxylic acids is 1. The van der Waals surface area contributed by atoms with E-state index in [0.29, 0.717) is 25.0 Å². The summed E-state index contributed by atoms with van der Waals surface area (Å²) in [6.45, 7) is 7.99. The van der Waals surface area contributed by atoms with Crippen molar-refractivity contribution in [2.75, 3.05) is 18.4 Å². The summed E-state index contributed by atoms with van der Waals surface area (Å²) < 4.78 is 41.4. The van der Waals surface area contributed by atoms with Gasteiger partial charge in [0.25, 0.3) is 0 Å². The Hall–Kier alpha value is -3.49. The molecule has 1 N–H and O–H groups in total. The van der Waals surface area contributed by atoms with Crippen LogP contribution in [0.25, 0.3) is 11.4 Å². The third-order valence-electron chi connectivity index (χ3n) is 6.57. The summed E-state index contributed by atoms with van der Waals surface area (Å²) >= 11 is 0. The number of aryl methyl sites for hydroxylation is 2. The molecule has 3 aromatic rings. The summed E-state index contributed by atoms with van der Waals surface area (Å²) in [4.78, 5) is 28.3. The molecule has 0 saturated carbocycles. The van der Waals surface area contributed by atoms with Gasteiger partial charge in [0, 0.05) is 42.7 Å². The van der Waals surface area contributed by atoms with Crippen LogP contribution >= 0.6 is 0 Å². The predicted octanol–water partition coefficient (Wildman–Crippen LogP) is 5.03. The van der Waals surface area contributed by atoms with Crippen molar-refractivity contribution in [2.45, 2.75) is 52.0 Å². The lowest BCUT2D eigenvalue weighted by Crippen LogP contribution is -2.51. The minimum absolute atomic E-state index is 0.160. The van der Waals surface area contributed by atoms with Crippen molar-refractivity contribution in [3.05, 3.63) is 70.9 Å². The van der Waals surface area contributed by atoms with E-state index in [1.807, 2.05) is 20.8 Å². The van der Waals surface area contributed by atoms with E-state index in [0.717, 1.165) is 41.5 Å². The van der Waals surface area contributed by atoms with Crippen LogP contribution in [0.2, 0.25) is 0 Å². The maximum atomic E-state index is 14.3. The molecule has 1 aromatic carbocycles. The quantitative estimate of drug-likeness (QED) is 0.498. The van der Waals surface area contributed by atoms with Gasteiger partial charge in [0.2, 0.25) is 5.91 Å². The van der Waals surface area contributed by atoms with Gasteiger partial charge in [-0.3, -0.25) is 4.79 Å². The van der Waals surface area contributed by atoms with E-state index in [4.69, 9.17) is 4.98 Å². The SMILES string of the molecule is CCN(C[C@@]1(C)CCc2cc(-c3ncccn3)c(C)nc2N1)C(=O)[C@H](C)c1cc(F)c(F)cc1F. The monoisotopic (exact) mass is 483 g/mol. The number of amides is 1. The van der Waals surface area contributed by atoms with Crippen LogP contribution in [0.1, 0.15) is 49.9 Å². The zero-order valence-electron chi connectivity index (χ0n) is 20.2. The first-order valence-corrected chi connectivity index (χ1v) is 11.6. The summed E-state index contributed by atoms with van der Waals surface area (Å²) in [6, 6.07) is 5.06. The van der Waals surface area contributed by atoms with E-state index in [9.17, 15) is 18.0 Å². The molecular weight excluding hydrogens is 455 g/mol. The number of carbonyl (C=O) groups is 1. The van der Waals surface area contributed by atoms with Gasteiger partial charge >= 0.3 is 0 Å². The highest BCUT2D eigenvalue weighted by Gasteiger charge is 2.35. The molecule has 1 aliphatic heterocycles. The van der Waals surface area contributed by atoms with Gasteiger partial charge in [-0.05, 0) is 64.3 Å². The number of rotatable bonds is 6. The molecule has 35 heavy (non-hydrogen) atoms. The largest absolute Gasteiger partial charge is 0.363 e. The Morgan fingerprint density at radius 3 is 2.51 bits per heavy atom. The summed E-state index contributed by atoms with van der Waals surface area (Å²) in [6.07, 6.45) is 4.86. The van der Waals surface area contributed by atoms with Crippen molar-refractivity contribution in [2.24, 2.45) is 0 Å². The zero-order chi connectivity index (χ0) is 25.3. The van der Waals surface area contributed by atoms with E-state index in [-0.39, 0.29) is 11.5 Å². The van der Waals surface area contributed by atoms with Gasteiger partial charge < -0.3 is 10.2 Å². The summed E-state index contributed by atoms with van der Waals surface area (Å²) in [5.74, 6) is -3.34. The van der Waals surface area contributed by atoms with Crippen molar-refractivity contribution < 1.29 is 18.0 Å². The fourth-order valence-electron chi connectivity index (χ4n) is 4.53. The van der Waals surface area contributed by atoms with Crippen LogP contribution in [-0.4, -0.2) is 44.4 Å². The fraction of sp³-hybridized carbons (Fsp3) is 0.385. The standard InChI is InChI=1S/C26H28F3N5O/c1-5-34(25(35)15(2)18-12-21(28)22(29)13-20(18)27)14-26(4)8-7-17-11-19(16(3)32-23(17)33-26)24-30-9-6-10-31-24/h6,9-13,15H,5,7-8,14H2,1-4H3,(H,32,33)/t15-,26-/m1/s1. The van der Waals surface area contributed by atoms with Crippen molar-refractivity contribution >= 4 is 11.7 Å². The van der Waals surface area contributed by atoms with Crippen molar-refractivity contribution in [1.29, 1.82) is 0 Å². The van der Waals surface area contributed by atoms with Gasteiger partial charge in [-0.15, -0.1) is 0 Å². The van der Waals surface area contributed by atoms with Crippen LogP contribution < -0.4 is 5.32 Å². The summed E-state index contributed by atoms with van der Waals surface area (Å²) in [5.41, 5.74) is 2.07. The number of hydrogen-bond donors (Lipinski definition) is 1. The molecule has 1 amide bonds. The molecule has 0 unspecified atom stereocenters. The van der Waals surface area contributed by atoms with Crippen LogP contribution in [0, 0.1) is 24.4 Å². The number of pyridine rings is 1. The number of nitrogens with one attached hydrogen (secondary N) is 1. The smallest absolute Gasteiger partial charge is 0.230 e. The van der Waals surface area contributed by atoms with Gasteiger partial charge in [0.15, 0.2) is 17.5 Å². The molecule has 2 aromatic heterocycles. The molecule has 0 bridgehead atoms. The Bertz CT molecular complexity index is 1250. The summed E-state index contributed by atoms with van der Waals surface area (Å²) in [5, 5.41) is 3.49. The van der Waals surface area contributed by atoms with E-state index >= 15 is 0 Å². The highest BCUT2D eigenvalue weighted by Crippen LogP contribution is 2.34. The minimum Gasteiger partial charge on any atom is -0.363 e. The molecule has 0 spiro atoms. The van der Waals surface area contributed by atoms with Gasteiger partial charge in [0.1, 0.15) is 11.6 Å². The number of nitrogens with zero attached hydrogens (tertiary/aromatic N) is 4. The maximum absolute atomic E-state index is 14.3. The molecule has 0 aliphatic carbocycles. The lowest BCUT2D eigenvalue weighted by Gasteiger charge is -2.40. The molecule has 184 valence electrons. The Balaban J connectivity index is 1.53. The number of aromatic nitrogens is 3. The lowest BCUT2D eigenvalue weighted by atomic mass is 9.87.